The Balaban J connectivity index is 2.41. The molecular formula is C11H18O. The van der Waals surface area contributed by atoms with Crippen LogP contribution in [0.2, 0.25) is 0 Å². The second kappa shape index (κ2) is 4.44. The molecule has 0 N–H and O–H groups in total. The van der Waals surface area contributed by atoms with Gasteiger partial charge in [0.2, 0.25) is 0 Å². The van der Waals surface area contributed by atoms with Crippen molar-refractivity contribution >= 4 is 6.29 Å². The van der Waals surface area contributed by atoms with Crippen molar-refractivity contribution in [2.45, 2.75) is 39.5 Å². The van der Waals surface area contributed by atoms with Crippen LogP contribution in [0, 0.1) is 11.8 Å². The number of carbonyl (C=O) groups excluding carboxylic acids is 1. The molecule has 0 saturated heterocycles. The van der Waals surface area contributed by atoms with Gasteiger partial charge in [0.25, 0.3) is 0 Å². The molecule has 2 atom stereocenters. The molecule has 12 heavy (non-hydrogen) atoms. The Morgan fingerprint density at radius 1 is 1.67 bits per heavy atom. The predicted molar refractivity (Wildman–Crippen MR) is 50.9 cm³/mol. The summed E-state index contributed by atoms with van der Waals surface area (Å²) in [7, 11) is 0. The third-order valence-corrected chi connectivity index (χ3v) is 2.86. The molecule has 0 aromatic rings. The number of hydrogen-bond acceptors (Lipinski definition) is 1. The van der Waals surface area contributed by atoms with E-state index in [1.165, 1.54) is 18.4 Å². The van der Waals surface area contributed by atoms with Crippen molar-refractivity contribution in [1.82, 2.24) is 0 Å². The van der Waals surface area contributed by atoms with Gasteiger partial charge in [0.15, 0.2) is 0 Å². The lowest BCUT2D eigenvalue weighted by Gasteiger charge is -2.26. The van der Waals surface area contributed by atoms with E-state index in [1.54, 1.807) is 0 Å². The van der Waals surface area contributed by atoms with Crippen molar-refractivity contribution in [3.63, 3.8) is 0 Å². The fourth-order valence-corrected chi connectivity index (χ4v) is 2.03. The normalized spacial score (nSPS) is 29.7. The zero-order chi connectivity index (χ0) is 8.97. The van der Waals surface area contributed by atoms with Crippen LogP contribution in [0.3, 0.4) is 0 Å². The van der Waals surface area contributed by atoms with Gasteiger partial charge in [-0.2, -0.15) is 0 Å². The Morgan fingerprint density at radius 2 is 2.42 bits per heavy atom. The summed E-state index contributed by atoms with van der Waals surface area (Å²) < 4.78 is 0. The number of carbonyl (C=O) groups is 1. The van der Waals surface area contributed by atoms with Crippen LogP contribution in [0.1, 0.15) is 39.5 Å². The van der Waals surface area contributed by atoms with Crippen molar-refractivity contribution in [3.8, 4) is 0 Å². The molecule has 1 nitrogen and oxygen atoms in total. The highest BCUT2D eigenvalue weighted by Gasteiger charge is 2.18. The van der Waals surface area contributed by atoms with Crippen LogP contribution >= 0.6 is 0 Å². The summed E-state index contributed by atoms with van der Waals surface area (Å²) in [5.74, 6) is 1.43. The summed E-state index contributed by atoms with van der Waals surface area (Å²) in [6, 6.07) is 0. The fraction of sp³-hybridized carbons (Fsp3) is 0.727. The summed E-state index contributed by atoms with van der Waals surface area (Å²) in [5, 5.41) is 0. The largest absolute Gasteiger partial charge is 0.303 e. The summed E-state index contributed by atoms with van der Waals surface area (Å²) in [4.78, 5) is 10.2. The first-order chi connectivity index (χ1) is 5.74. The van der Waals surface area contributed by atoms with E-state index in [9.17, 15) is 4.79 Å². The summed E-state index contributed by atoms with van der Waals surface area (Å²) >= 11 is 0. The van der Waals surface area contributed by atoms with E-state index >= 15 is 0 Å². The first kappa shape index (κ1) is 9.50. The maximum Gasteiger partial charge on any atom is 0.120 e. The van der Waals surface area contributed by atoms with E-state index in [1.807, 2.05) is 0 Å². The molecule has 1 rings (SSSR count). The molecule has 0 spiro atoms. The highest BCUT2D eigenvalue weighted by molar-refractivity contribution is 5.49. The van der Waals surface area contributed by atoms with Gasteiger partial charge in [0.1, 0.15) is 6.29 Å². The molecule has 0 aromatic heterocycles. The molecule has 0 bridgehead atoms. The molecule has 0 heterocycles. The third kappa shape index (κ3) is 2.47. The first-order valence-corrected chi connectivity index (χ1v) is 4.85. The van der Waals surface area contributed by atoms with Gasteiger partial charge in [0, 0.05) is 6.42 Å². The molecular weight excluding hydrogens is 148 g/mol. The van der Waals surface area contributed by atoms with Crippen LogP contribution in [-0.4, -0.2) is 6.29 Å². The lowest BCUT2D eigenvalue weighted by molar-refractivity contribution is -0.108. The van der Waals surface area contributed by atoms with Gasteiger partial charge in [-0.15, -0.1) is 0 Å². The summed E-state index contributed by atoms with van der Waals surface area (Å²) in [6.45, 7) is 4.46. The predicted octanol–water partition coefficient (Wildman–Crippen LogP) is 2.96. The van der Waals surface area contributed by atoms with Gasteiger partial charge in [-0.3, -0.25) is 0 Å². The number of rotatable bonds is 3. The Hall–Kier alpha value is -0.590. The van der Waals surface area contributed by atoms with Crippen molar-refractivity contribution < 1.29 is 4.79 Å². The van der Waals surface area contributed by atoms with Crippen LogP contribution in [0.5, 0.6) is 0 Å². The minimum atomic E-state index is 0.679. The van der Waals surface area contributed by atoms with E-state index in [4.69, 9.17) is 0 Å². The average Bonchev–Trinajstić information content (AvgIpc) is 2.03. The highest BCUT2D eigenvalue weighted by Crippen LogP contribution is 2.31. The van der Waals surface area contributed by atoms with Crippen LogP contribution < -0.4 is 0 Å². The zero-order valence-corrected chi connectivity index (χ0v) is 8.05. The van der Waals surface area contributed by atoms with E-state index in [0.29, 0.717) is 5.92 Å². The molecule has 0 radical (unpaired) electrons. The molecule has 0 aromatic carbocycles. The third-order valence-electron chi connectivity index (χ3n) is 2.86. The topological polar surface area (TPSA) is 17.1 Å². The standard InChI is InChI=1S/C11H18O/c1-9-5-6-11(4-3-7-12)10(2)8-9/h7-8,10-11H,3-6H2,1-2H3. The van der Waals surface area contributed by atoms with Crippen molar-refractivity contribution in [3.05, 3.63) is 11.6 Å². The lowest BCUT2D eigenvalue weighted by Crippen LogP contribution is -2.14. The molecule has 0 aliphatic heterocycles. The smallest absolute Gasteiger partial charge is 0.120 e. The minimum Gasteiger partial charge on any atom is -0.303 e. The quantitative estimate of drug-likeness (QED) is 0.465. The maximum atomic E-state index is 10.2. The first-order valence-electron chi connectivity index (χ1n) is 4.85. The molecule has 2 unspecified atom stereocenters. The van der Waals surface area contributed by atoms with Gasteiger partial charge in [-0.05, 0) is 38.0 Å². The second-order valence-corrected chi connectivity index (χ2v) is 3.91. The second-order valence-electron chi connectivity index (χ2n) is 3.91. The Morgan fingerprint density at radius 3 is 3.00 bits per heavy atom. The summed E-state index contributed by atoms with van der Waals surface area (Å²) in [5.41, 5.74) is 1.52. The van der Waals surface area contributed by atoms with Gasteiger partial charge >= 0.3 is 0 Å². The Kier molecular flexibility index (Phi) is 3.51. The van der Waals surface area contributed by atoms with Crippen LogP contribution in [-0.2, 0) is 4.79 Å². The van der Waals surface area contributed by atoms with Crippen LogP contribution in [0.25, 0.3) is 0 Å². The van der Waals surface area contributed by atoms with Crippen LogP contribution in [0.4, 0.5) is 0 Å². The molecule has 1 heteroatoms. The zero-order valence-electron chi connectivity index (χ0n) is 8.05. The highest BCUT2D eigenvalue weighted by atomic mass is 16.1. The number of hydrogen-bond donors (Lipinski definition) is 0. The van der Waals surface area contributed by atoms with Crippen LogP contribution in [0.15, 0.2) is 11.6 Å². The van der Waals surface area contributed by atoms with E-state index in [-0.39, 0.29) is 0 Å². The van der Waals surface area contributed by atoms with Crippen molar-refractivity contribution in [1.29, 1.82) is 0 Å². The van der Waals surface area contributed by atoms with E-state index in [0.717, 1.165) is 25.0 Å². The molecule has 1 aliphatic rings. The molecule has 0 amide bonds. The van der Waals surface area contributed by atoms with Gasteiger partial charge < -0.3 is 4.79 Å². The number of allylic oxidation sites excluding steroid dienone is 2. The van der Waals surface area contributed by atoms with Crippen molar-refractivity contribution in [2.75, 3.05) is 0 Å². The van der Waals surface area contributed by atoms with E-state index in [2.05, 4.69) is 19.9 Å². The number of aldehydes is 1. The average molecular weight is 166 g/mol. The van der Waals surface area contributed by atoms with E-state index < -0.39 is 0 Å². The van der Waals surface area contributed by atoms with Gasteiger partial charge in [0.05, 0.1) is 0 Å². The molecule has 0 saturated carbocycles. The monoisotopic (exact) mass is 166 g/mol. The Bertz CT molecular complexity index is 181. The maximum absolute atomic E-state index is 10.2. The summed E-state index contributed by atoms with van der Waals surface area (Å²) in [6.07, 6.45) is 7.72. The molecule has 0 fully saturated rings. The molecule has 1 aliphatic carbocycles. The van der Waals surface area contributed by atoms with Gasteiger partial charge in [-0.25, -0.2) is 0 Å². The lowest BCUT2D eigenvalue weighted by atomic mass is 9.80. The molecule has 68 valence electrons. The van der Waals surface area contributed by atoms with Gasteiger partial charge in [-0.1, -0.05) is 18.6 Å². The Labute approximate surface area is 74.9 Å². The SMILES string of the molecule is CC1=CC(C)C(CCC=O)CC1. The van der Waals surface area contributed by atoms with Crippen molar-refractivity contribution in [2.24, 2.45) is 11.8 Å². The minimum absolute atomic E-state index is 0.679. The fourth-order valence-electron chi connectivity index (χ4n) is 2.03.